The van der Waals surface area contributed by atoms with Crippen molar-refractivity contribution in [2.45, 2.75) is 0 Å². The van der Waals surface area contributed by atoms with Gasteiger partial charge in [-0.3, -0.25) is 0 Å². The smallest absolute Gasteiger partial charge is 0.138 e. The number of aromatic amines is 1. The standard InChI is InChI=1S/C14H10N2O2/c1-18-14-6-13-11(4-8(14)7-15)10-3-2-9(17)5-12(10)16-13/h2-6,16-17H,1H3. The summed E-state index contributed by atoms with van der Waals surface area (Å²) in [6.45, 7) is 0. The summed E-state index contributed by atoms with van der Waals surface area (Å²) in [5, 5.41) is 20.5. The predicted octanol–water partition coefficient (Wildman–Crippen LogP) is 2.91. The van der Waals surface area contributed by atoms with Crippen molar-refractivity contribution in [3.05, 3.63) is 35.9 Å². The molecule has 0 aliphatic carbocycles. The van der Waals surface area contributed by atoms with Gasteiger partial charge in [0.15, 0.2) is 0 Å². The van der Waals surface area contributed by atoms with Crippen LogP contribution >= 0.6 is 0 Å². The molecule has 0 aliphatic heterocycles. The number of benzene rings is 2. The van der Waals surface area contributed by atoms with E-state index < -0.39 is 0 Å². The van der Waals surface area contributed by atoms with Crippen LogP contribution in [0.15, 0.2) is 30.3 Å². The van der Waals surface area contributed by atoms with Gasteiger partial charge in [-0.1, -0.05) is 0 Å². The van der Waals surface area contributed by atoms with E-state index in [2.05, 4.69) is 11.1 Å². The lowest BCUT2D eigenvalue weighted by Gasteiger charge is -2.02. The fourth-order valence-corrected chi connectivity index (χ4v) is 2.18. The van der Waals surface area contributed by atoms with Crippen molar-refractivity contribution in [3.63, 3.8) is 0 Å². The number of nitrogens with zero attached hydrogens (tertiary/aromatic N) is 1. The Hall–Kier alpha value is -2.67. The molecule has 0 saturated carbocycles. The molecular weight excluding hydrogens is 228 g/mol. The number of aromatic hydroxyl groups is 1. The third kappa shape index (κ3) is 1.38. The number of H-pyrrole nitrogens is 1. The number of hydrogen-bond donors (Lipinski definition) is 2. The molecule has 0 unspecified atom stereocenters. The van der Waals surface area contributed by atoms with Gasteiger partial charge in [0.05, 0.1) is 23.7 Å². The van der Waals surface area contributed by atoms with Gasteiger partial charge in [0.1, 0.15) is 17.6 Å². The minimum atomic E-state index is 0.210. The van der Waals surface area contributed by atoms with Gasteiger partial charge in [-0.25, -0.2) is 0 Å². The van der Waals surface area contributed by atoms with Crippen molar-refractivity contribution in [3.8, 4) is 17.6 Å². The molecule has 88 valence electrons. The largest absolute Gasteiger partial charge is 0.508 e. The summed E-state index contributed by atoms with van der Waals surface area (Å²) in [4.78, 5) is 3.20. The number of aromatic nitrogens is 1. The van der Waals surface area contributed by atoms with E-state index in [0.717, 1.165) is 21.8 Å². The highest BCUT2D eigenvalue weighted by molar-refractivity contribution is 6.08. The number of fused-ring (bicyclic) bond motifs is 3. The van der Waals surface area contributed by atoms with Crippen LogP contribution in [-0.2, 0) is 0 Å². The van der Waals surface area contributed by atoms with E-state index in [1.807, 2.05) is 6.07 Å². The molecule has 3 aromatic rings. The average Bonchev–Trinajstić information content (AvgIpc) is 2.73. The molecule has 0 saturated heterocycles. The summed E-state index contributed by atoms with van der Waals surface area (Å²) in [5.41, 5.74) is 2.22. The Morgan fingerprint density at radius 3 is 2.67 bits per heavy atom. The molecule has 0 spiro atoms. The van der Waals surface area contributed by atoms with Gasteiger partial charge in [0.25, 0.3) is 0 Å². The molecule has 3 rings (SSSR count). The van der Waals surface area contributed by atoms with Crippen molar-refractivity contribution in [2.75, 3.05) is 7.11 Å². The lowest BCUT2D eigenvalue weighted by molar-refractivity contribution is 0.414. The fraction of sp³-hybridized carbons (Fsp3) is 0.0714. The lowest BCUT2D eigenvalue weighted by atomic mass is 10.1. The van der Waals surface area contributed by atoms with Gasteiger partial charge in [0, 0.05) is 22.9 Å². The second-order valence-corrected chi connectivity index (χ2v) is 4.06. The topological polar surface area (TPSA) is 69.0 Å². The zero-order valence-corrected chi connectivity index (χ0v) is 9.69. The van der Waals surface area contributed by atoms with Gasteiger partial charge in [-0.05, 0) is 18.2 Å². The van der Waals surface area contributed by atoms with Crippen LogP contribution in [0.4, 0.5) is 0 Å². The highest BCUT2D eigenvalue weighted by Crippen LogP contribution is 2.32. The Bertz CT molecular complexity index is 797. The van der Waals surface area contributed by atoms with Crippen molar-refractivity contribution in [1.29, 1.82) is 5.26 Å². The average molecular weight is 238 g/mol. The zero-order valence-electron chi connectivity index (χ0n) is 9.69. The van der Waals surface area contributed by atoms with Crippen molar-refractivity contribution >= 4 is 21.8 Å². The van der Waals surface area contributed by atoms with E-state index in [-0.39, 0.29) is 5.75 Å². The number of phenols is 1. The maximum absolute atomic E-state index is 9.46. The highest BCUT2D eigenvalue weighted by atomic mass is 16.5. The molecule has 18 heavy (non-hydrogen) atoms. The number of nitriles is 1. The SMILES string of the molecule is COc1cc2[nH]c3cc(O)ccc3c2cc1C#N. The number of ether oxygens (including phenoxy) is 1. The van der Waals surface area contributed by atoms with Gasteiger partial charge < -0.3 is 14.8 Å². The Morgan fingerprint density at radius 2 is 1.94 bits per heavy atom. The number of methoxy groups -OCH3 is 1. The van der Waals surface area contributed by atoms with Gasteiger partial charge in [-0.15, -0.1) is 0 Å². The van der Waals surface area contributed by atoms with Crippen molar-refractivity contribution < 1.29 is 9.84 Å². The summed E-state index contributed by atoms with van der Waals surface area (Å²) in [5.74, 6) is 0.752. The van der Waals surface area contributed by atoms with E-state index >= 15 is 0 Å². The minimum absolute atomic E-state index is 0.210. The van der Waals surface area contributed by atoms with E-state index in [1.165, 1.54) is 7.11 Å². The van der Waals surface area contributed by atoms with Crippen LogP contribution < -0.4 is 4.74 Å². The second kappa shape index (κ2) is 3.67. The van der Waals surface area contributed by atoms with Gasteiger partial charge in [-0.2, -0.15) is 5.26 Å². The number of phenolic OH excluding ortho intramolecular Hbond substituents is 1. The summed E-state index contributed by atoms with van der Waals surface area (Å²) in [6.07, 6.45) is 0. The van der Waals surface area contributed by atoms with Crippen LogP contribution in [0.1, 0.15) is 5.56 Å². The molecule has 0 aliphatic rings. The molecule has 2 N–H and O–H groups in total. The molecule has 2 aromatic carbocycles. The molecule has 4 nitrogen and oxygen atoms in total. The monoisotopic (exact) mass is 238 g/mol. The summed E-state index contributed by atoms with van der Waals surface area (Å²) in [6, 6.07) is 10.8. The molecule has 0 amide bonds. The van der Waals surface area contributed by atoms with Gasteiger partial charge in [0.2, 0.25) is 0 Å². The molecule has 4 heteroatoms. The highest BCUT2D eigenvalue weighted by Gasteiger charge is 2.10. The number of nitrogens with one attached hydrogen (secondary N) is 1. The zero-order chi connectivity index (χ0) is 12.7. The van der Waals surface area contributed by atoms with E-state index in [0.29, 0.717) is 11.3 Å². The van der Waals surface area contributed by atoms with Gasteiger partial charge >= 0.3 is 0 Å². The first-order valence-corrected chi connectivity index (χ1v) is 5.45. The van der Waals surface area contributed by atoms with Crippen LogP contribution in [0.3, 0.4) is 0 Å². The maximum atomic E-state index is 9.46. The second-order valence-electron chi connectivity index (χ2n) is 4.06. The van der Waals surface area contributed by atoms with Crippen LogP contribution in [0.2, 0.25) is 0 Å². The summed E-state index contributed by atoms with van der Waals surface area (Å²) >= 11 is 0. The van der Waals surface area contributed by atoms with Crippen molar-refractivity contribution in [1.82, 2.24) is 4.98 Å². The summed E-state index contributed by atoms with van der Waals surface area (Å²) in [7, 11) is 1.54. The Labute approximate surface area is 103 Å². The van der Waals surface area contributed by atoms with Crippen molar-refractivity contribution in [2.24, 2.45) is 0 Å². The molecule has 0 fully saturated rings. The minimum Gasteiger partial charge on any atom is -0.508 e. The Balaban J connectivity index is 2.44. The summed E-state index contributed by atoms with van der Waals surface area (Å²) < 4.78 is 5.17. The van der Waals surface area contributed by atoms with Crippen LogP contribution in [0.5, 0.6) is 11.5 Å². The predicted molar refractivity (Wildman–Crippen MR) is 68.7 cm³/mol. The quantitative estimate of drug-likeness (QED) is 0.684. The lowest BCUT2D eigenvalue weighted by Crippen LogP contribution is -1.87. The van der Waals surface area contributed by atoms with E-state index in [1.54, 1.807) is 24.3 Å². The molecule has 0 radical (unpaired) electrons. The fourth-order valence-electron chi connectivity index (χ4n) is 2.18. The third-order valence-corrected chi connectivity index (χ3v) is 3.02. The van der Waals surface area contributed by atoms with Crippen LogP contribution in [-0.4, -0.2) is 17.2 Å². The first kappa shape index (κ1) is 10.5. The van der Waals surface area contributed by atoms with E-state index in [9.17, 15) is 5.11 Å². The number of rotatable bonds is 1. The molecule has 0 bridgehead atoms. The third-order valence-electron chi connectivity index (χ3n) is 3.02. The molecule has 1 aromatic heterocycles. The molecule has 1 heterocycles. The molecular formula is C14H10N2O2. The number of hydrogen-bond acceptors (Lipinski definition) is 3. The normalized spacial score (nSPS) is 10.7. The first-order valence-electron chi connectivity index (χ1n) is 5.45. The van der Waals surface area contributed by atoms with E-state index in [4.69, 9.17) is 10.00 Å². The Morgan fingerprint density at radius 1 is 1.17 bits per heavy atom. The Kier molecular flexibility index (Phi) is 2.14. The maximum Gasteiger partial charge on any atom is 0.138 e. The van der Waals surface area contributed by atoms with Crippen LogP contribution in [0, 0.1) is 11.3 Å². The first-order chi connectivity index (χ1) is 8.72. The molecule has 0 atom stereocenters. The van der Waals surface area contributed by atoms with Crippen LogP contribution in [0.25, 0.3) is 21.8 Å².